The third-order valence-electron chi connectivity index (χ3n) is 4.77. The molecule has 1 aliphatic carbocycles. The predicted octanol–water partition coefficient (Wildman–Crippen LogP) is 2.97. The number of carbonyl (C=O) groups is 2. The quantitative estimate of drug-likeness (QED) is 0.867. The van der Waals surface area contributed by atoms with E-state index in [4.69, 9.17) is 0 Å². The van der Waals surface area contributed by atoms with E-state index >= 15 is 0 Å². The lowest BCUT2D eigenvalue weighted by atomic mass is 10.1. The van der Waals surface area contributed by atoms with Crippen LogP contribution in [0.3, 0.4) is 0 Å². The first-order chi connectivity index (χ1) is 12.2. The first kappa shape index (κ1) is 16.3. The van der Waals surface area contributed by atoms with Gasteiger partial charge >= 0.3 is 0 Å². The van der Waals surface area contributed by atoms with Crippen molar-refractivity contribution in [2.45, 2.75) is 31.3 Å². The standard InChI is InChI=1S/C19H21N3O2S/c23-18(21-15-9-10-22(12-15)16-7-8-16)13-3-5-14(6-4-13)20-19(24)17-2-1-11-25-17/h1-6,11,15-16H,7-10,12H2,(H,20,24)(H,21,23)/t15-/m0/s1. The van der Waals surface area contributed by atoms with Crippen molar-refractivity contribution in [3.63, 3.8) is 0 Å². The maximum atomic E-state index is 12.4. The number of anilines is 1. The Morgan fingerprint density at radius 3 is 2.52 bits per heavy atom. The van der Waals surface area contributed by atoms with E-state index in [-0.39, 0.29) is 17.9 Å². The van der Waals surface area contributed by atoms with Crippen molar-refractivity contribution in [1.29, 1.82) is 0 Å². The van der Waals surface area contributed by atoms with Crippen LogP contribution in [0.15, 0.2) is 41.8 Å². The maximum Gasteiger partial charge on any atom is 0.265 e. The molecule has 2 aliphatic rings. The Hall–Kier alpha value is -2.18. The van der Waals surface area contributed by atoms with E-state index < -0.39 is 0 Å². The molecule has 1 saturated heterocycles. The van der Waals surface area contributed by atoms with Crippen LogP contribution >= 0.6 is 11.3 Å². The summed E-state index contributed by atoms with van der Waals surface area (Å²) in [6, 6.07) is 11.7. The van der Waals surface area contributed by atoms with Gasteiger partial charge < -0.3 is 10.6 Å². The van der Waals surface area contributed by atoms with Crippen molar-refractivity contribution < 1.29 is 9.59 Å². The first-order valence-electron chi connectivity index (χ1n) is 8.69. The van der Waals surface area contributed by atoms with Crippen molar-refractivity contribution in [2.75, 3.05) is 18.4 Å². The lowest BCUT2D eigenvalue weighted by Crippen LogP contribution is -2.37. The first-order valence-corrected chi connectivity index (χ1v) is 9.57. The summed E-state index contributed by atoms with van der Waals surface area (Å²) in [5.74, 6) is -0.169. The van der Waals surface area contributed by atoms with Crippen molar-refractivity contribution in [3.05, 3.63) is 52.2 Å². The number of thiophene rings is 1. The third-order valence-corrected chi connectivity index (χ3v) is 5.64. The molecular weight excluding hydrogens is 334 g/mol. The summed E-state index contributed by atoms with van der Waals surface area (Å²) in [4.78, 5) is 27.6. The zero-order valence-corrected chi connectivity index (χ0v) is 14.7. The van der Waals surface area contributed by atoms with Crippen molar-refractivity contribution >= 4 is 28.8 Å². The van der Waals surface area contributed by atoms with Gasteiger partial charge in [-0.25, -0.2) is 0 Å². The van der Waals surface area contributed by atoms with Crippen LogP contribution in [-0.4, -0.2) is 41.9 Å². The van der Waals surface area contributed by atoms with Gasteiger partial charge in [-0.1, -0.05) is 6.07 Å². The lowest BCUT2D eigenvalue weighted by Gasteiger charge is -2.16. The molecule has 0 spiro atoms. The Labute approximate surface area is 151 Å². The van der Waals surface area contributed by atoms with E-state index in [9.17, 15) is 9.59 Å². The minimum atomic E-state index is -0.127. The summed E-state index contributed by atoms with van der Waals surface area (Å²) in [6.07, 6.45) is 3.63. The van der Waals surface area contributed by atoms with Crippen LogP contribution in [0.2, 0.25) is 0 Å². The van der Waals surface area contributed by atoms with E-state index in [1.54, 1.807) is 30.3 Å². The van der Waals surface area contributed by atoms with Gasteiger partial charge in [-0.05, 0) is 55.0 Å². The molecule has 1 atom stereocenters. The monoisotopic (exact) mass is 355 g/mol. The summed E-state index contributed by atoms with van der Waals surface area (Å²) >= 11 is 1.40. The number of rotatable bonds is 5. The molecule has 5 nitrogen and oxygen atoms in total. The summed E-state index contributed by atoms with van der Waals surface area (Å²) in [5.41, 5.74) is 1.31. The molecule has 2 N–H and O–H groups in total. The number of likely N-dealkylation sites (tertiary alicyclic amines) is 1. The molecular formula is C19H21N3O2S. The number of amides is 2. The van der Waals surface area contributed by atoms with Crippen molar-refractivity contribution in [3.8, 4) is 0 Å². The summed E-state index contributed by atoms with van der Waals surface area (Å²) in [6.45, 7) is 2.05. The maximum absolute atomic E-state index is 12.4. The number of carbonyl (C=O) groups excluding carboxylic acids is 2. The second-order valence-corrected chi connectivity index (χ2v) is 7.64. The average Bonchev–Trinajstić information content (AvgIpc) is 3.12. The van der Waals surface area contributed by atoms with E-state index in [2.05, 4.69) is 15.5 Å². The summed E-state index contributed by atoms with van der Waals surface area (Å²) < 4.78 is 0. The van der Waals surface area contributed by atoms with Crippen molar-refractivity contribution in [2.24, 2.45) is 0 Å². The highest BCUT2D eigenvalue weighted by Gasteiger charge is 2.34. The Kier molecular flexibility index (Phi) is 4.55. The number of nitrogens with zero attached hydrogens (tertiary/aromatic N) is 1. The molecule has 0 radical (unpaired) electrons. The Morgan fingerprint density at radius 2 is 1.84 bits per heavy atom. The van der Waals surface area contributed by atoms with Gasteiger partial charge in [-0.3, -0.25) is 14.5 Å². The van der Waals surface area contributed by atoms with Crippen LogP contribution in [0.5, 0.6) is 0 Å². The van der Waals surface area contributed by atoms with Gasteiger partial charge in [0.25, 0.3) is 11.8 Å². The molecule has 0 unspecified atom stereocenters. The van der Waals surface area contributed by atoms with Gasteiger partial charge in [0.2, 0.25) is 0 Å². The zero-order chi connectivity index (χ0) is 17.2. The zero-order valence-electron chi connectivity index (χ0n) is 13.9. The lowest BCUT2D eigenvalue weighted by molar-refractivity contribution is 0.0937. The molecule has 1 aliphatic heterocycles. The topological polar surface area (TPSA) is 61.4 Å². The van der Waals surface area contributed by atoms with Crippen LogP contribution in [0, 0.1) is 0 Å². The SMILES string of the molecule is O=C(N[C@H]1CCN(C2CC2)C1)c1ccc(NC(=O)c2cccs2)cc1. The molecule has 6 heteroatoms. The fourth-order valence-corrected chi connectivity index (χ4v) is 3.87. The third kappa shape index (κ3) is 3.91. The fraction of sp³-hybridized carbons (Fsp3) is 0.368. The average molecular weight is 355 g/mol. The molecule has 1 aromatic heterocycles. The van der Waals surface area contributed by atoms with Gasteiger partial charge in [-0.2, -0.15) is 0 Å². The molecule has 130 valence electrons. The fourth-order valence-electron chi connectivity index (χ4n) is 3.25. The smallest absolute Gasteiger partial charge is 0.265 e. The van der Waals surface area contributed by atoms with Crippen LogP contribution in [0.4, 0.5) is 5.69 Å². The van der Waals surface area contributed by atoms with Gasteiger partial charge in [0, 0.05) is 36.4 Å². The number of hydrogen-bond donors (Lipinski definition) is 2. The van der Waals surface area contributed by atoms with Crippen LogP contribution in [0.1, 0.15) is 39.3 Å². The minimum Gasteiger partial charge on any atom is -0.348 e. The van der Waals surface area contributed by atoms with Gasteiger partial charge in [0.1, 0.15) is 0 Å². The predicted molar refractivity (Wildman–Crippen MR) is 99.2 cm³/mol. The van der Waals surface area contributed by atoms with Gasteiger partial charge in [0.15, 0.2) is 0 Å². The highest BCUT2D eigenvalue weighted by molar-refractivity contribution is 7.12. The molecule has 2 heterocycles. The second kappa shape index (κ2) is 6.98. The van der Waals surface area contributed by atoms with E-state index in [1.165, 1.54) is 24.2 Å². The van der Waals surface area contributed by atoms with E-state index in [1.807, 2.05) is 11.4 Å². The minimum absolute atomic E-state index is 0.0428. The Bertz CT molecular complexity index is 753. The van der Waals surface area contributed by atoms with Gasteiger partial charge in [-0.15, -0.1) is 11.3 Å². The number of nitrogens with one attached hydrogen (secondary N) is 2. The van der Waals surface area contributed by atoms with Gasteiger partial charge in [0.05, 0.1) is 4.88 Å². The molecule has 2 amide bonds. The molecule has 4 rings (SSSR count). The Morgan fingerprint density at radius 1 is 1.04 bits per heavy atom. The number of hydrogen-bond acceptors (Lipinski definition) is 4. The normalized spacial score (nSPS) is 20.4. The number of benzene rings is 1. The van der Waals surface area contributed by atoms with Crippen molar-refractivity contribution in [1.82, 2.24) is 10.2 Å². The van der Waals surface area contributed by atoms with E-state index in [0.29, 0.717) is 16.1 Å². The summed E-state index contributed by atoms with van der Waals surface area (Å²) in [5, 5.41) is 7.84. The molecule has 1 saturated carbocycles. The van der Waals surface area contributed by atoms with E-state index in [0.717, 1.165) is 25.6 Å². The largest absolute Gasteiger partial charge is 0.348 e. The molecule has 1 aromatic carbocycles. The highest BCUT2D eigenvalue weighted by atomic mass is 32.1. The molecule has 0 bridgehead atoms. The van der Waals surface area contributed by atoms with Crippen LogP contribution in [-0.2, 0) is 0 Å². The summed E-state index contributed by atoms with van der Waals surface area (Å²) in [7, 11) is 0. The Balaban J connectivity index is 1.32. The molecule has 2 aromatic rings. The van der Waals surface area contributed by atoms with Crippen LogP contribution < -0.4 is 10.6 Å². The van der Waals surface area contributed by atoms with Crippen LogP contribution in [0.25, 0.3) is 0 Å². The second-order valence-electron chi connectivity index (χ2n) is 6.69. The highest BCUT2D eigenvalue weighted by Crippen LogP contribution is 2.29. The molecule has 25 heavy (non-hydrogen) atoms. The molecule has 2 fully saturated rings.